The first-order chi connectivity index (χ1) is 8.79. The van der Waals surface area contributed by atoms with E-state index in [9.17, 15) is 4.79 Å². The summed E-state index contributed by atoms with van der Waals surface area (Å²) in [6.45, 7) is 2.23. The van der Waals surface area contributed by atoms with Crippen LogP contribution in [-0.2, 0) is 4.74 Å². The van der Waals surface area contributed by atoms with Crippen molar-refractivity contribution in [3.05, 3.63) is 67.3 Å². The van der Waals surface area contributed by atoms with Crippen molar-refractivity contribution >= 4 is 5.97 Å². The van der Waals surface area contributed by atoms with E-state index in [1.165, 1.54) is 7.14 Å². The zero-order valence-corrected chi connectivity index (χ0v) is 12.3. The van der Waals surface area contributed by atoms with Crippen molar-refractivity contribution in [1.29, 1.82) is 0 Å². The summed E-state index contributed by atoms with van der Waals surface area (Å²) in [6, 6.07) is 18.2. The third-order valence-corrected chi connectivity index (χ3v) is 4.99. The third-order valence-electron chi connectivity index (χ3n) is 2.31. The lowest BCUT2D eigenvalue weighted by molar-refractivity contribution is -0.597. The van der Waals surface area contributed by atoms with Gasteiger partial charge in [-0.25, -0.2) is 4.79 Å². The van der Waals surface area contributed by atoms with Crippen molar-refractivity contribution in [3.63, 3.8) is 0 Å². The highest BCUT2D eigenvalue weighted by molar-refractivity contribution is 5.89. The van der Waals surface area contributed by atoms with Gasteiger partial charge in [-0.05, 0) is 43.3 Å². The van der Waals surface area contributed by atoms with Crippen LogP contribution >= 0.6 is 0 Å². The van der Waals surface area contributed by atoms with Gasteiger partial charge in [-0.3, -0.25) is 0 Å². The molecule has 0 unspecified atom stereocenters. The second-order valence-corrected chi connectivity index (χ2v) is 6.65. The fourth-order valence-electron chi connectivity index (χ4n) is 1.47. The monoisotopic (exact) mass is 353 g/mol. The molecule has 0 N–H and O–H groups in total. The predicted molar refractivity (Wildman–Crippen MR) is 66.2 cm³/mol. The molecule has 2 aromatic carbocycles. The maximum atomic E-state index is 11.5. The number of ether oxygens (including phenoxy) is 1. The summed E-state index contributed by atoms with van der Waals surface area (Å²) in [5.74, 6) is -0.248. The summed E-state index contributed by atoms with van der Waals surface area (Å²) in [7, 11) is 0. The lowest BCUT2D eigenvalue weighted by Gasteiger charge is -1.99. The fourth-order valence-corrected chi connectivity index (χ4v) is 3.68. The van der Waals surface area contributed by atoms with E-state index < -0.39 is 0 Å². The smallest absolute Gasteiger partial charge is 0.357 e. The van der Waals surface area contributed by atoms with Crippen molar-refractivity contribution < 1.29 is 30.7 Å². The number of hydrogen-bond acceptors (Lipinski definition) is 2. The minimum atomic E-state index is -0.248. The molecule has 0 aliphatic carbocycles. The van der Waals surface area contributed by atoms with Crippen LogP contribution in [-0.4, -0.2) is 12.6 Å². The molecule has 0 amide bonds. The van der Waals surface area contributed by atoms with Gasteiger partial charge < -0.3 is 4.74 Å². The van der Waals surface area contributed by atoms with Crippen molar-refractivity contribution in [3.8, 4) is 0 Å². The zero-order chi connectivity index (χ0) is 12.8. The number of benzene rings is 2. The Kier molecular flexibility index (Phi) is 4.75. The van der Waals surface area contributed by atoms with Gasteiger partial charge in [0, 0.05) is 0 Å². The number of carbonyl (C=O) groups is 1. The van der Waals surface area contributed by atoms with E-state index in [1.807, 2.05) is 37.3 Å². The first-order valence-electron chi connectivity index (χ1n) is 5.76. The standard InChI is InChI=1S/C15H14IO2/c1-2-18-15(17)12-8-10-14(11-9-12)16-13-6-4-3-5-7-13/h3-11H,2H2,1H3/q+1. The van der Waals surface area contributed by atoms with Crippen LogP contribution in [0.15, 0.2) is 54.6 Å². The first-order valence-corrected chi connectivity index (χ1v) is 7.92. The second kappa shape index (κ2) is 6.54. The molecule has 0 heterocycles. The normalized spacial score (nSPS) is 10.1. The molecule has 0 saturated heterocycles. The third kappa shape index (κ3) is 3.57. The molecule has 0 aromatic heterocycles. The zero-order valence-electron chi connectivity index (χ0n) is 10.1. The number of rotatable bonds is 4. The highest BCUT2D eigenvalue weighted by Gasteiger charge is 2.15. The van der Waals surface area contributed by atoms with Crippen molar-refractivity contribution in [2.75, 3.05) is 6.61 Å². The molecule has 0 radical (unpaired) electrons. The van der Waals surface area contributed by atoms with E-state index in [2.05, 4.69) is 24.3 Å². The molecule has 92 valence electrons. The van der Waals surface area contributed by atoms with E-state index in [-0.39, 0.29) is 27.2 Å². The summed E-state index contributed by atoms with van der Waals surface area (Å²) < 4.78 is 7.63. The molecule has 0 aliphatic rings. The predicted octanol–water partition coefficient (Wildman–Crippen LogP) is -0.00830. The van der Waals surface area contributed by atoms with Crippen LogP contribution in [0.4, 0.5) is 0 Å². The molecule has 0 fully saturated rings. The molecular weight excluding hydrogens is 339 g/mol. The molecule has 2 aromatic rings. The Labute approximate surface area is 117 Å². The molecule has 2 rings (SSSR count). The van der Waals surface area contributed by atoms with Gasteiger partial charge in [0.2, 0.25) is 0 Å². The van der Waals surface area contributed by atoms with Crippen LogP contribution in [0.1, 0.15) is 17.3 Å². The van der Waals surface area contributed by atoms with Crippen LogP contribution in [0.3, 0.4) is 0 Å². The molecule has 3 heteroatoms. The fraction of sp³-hybridized carbons (Fsp3) is 0.133. The van der Waals surface area contributed by atoms with Gasteiger partial charge in [-0.2, -0.15) is 0 Å². The lowest BCUT2D eigenvalue weighted by atomic mass is 10.2. The minimum Gasteiger partial charge on any atom is -0.462 e. The molecule has 0 atom stereocenters. The first kappa shape index (κ1) is 13.1. The largest absolute Gasteiger partial charge is 0.462 e. The summed E-state index contributed by atoms with van der Waals surface area (Å²) >= 11 is -0.164. The van der Waals surface area contributed by atoms with Gasteiger partial charge in [0.1, 0.15) is 0 Å². The van der Waals surface area contributed by atoms with Gasteiger partial charge in [0.15, 0.2) is 7.14 Å². The highest BCUT2D eigenvalue weighted by Crippen LogP contribution is 2.00. The molecule has 0 spiro atoms. The average molecular weight is 353 g/mol. The van der Waals surface area contributed by atoms with E-state index >= 15 is 0 Å². The Morgan fingerprint density at radius 1 is 1.00 bits per heavy atom. The Morgan fingerprint density at radius 2 is 1.61 bits per heavy atom. The number of esters is 1. The summed E-state index contributed by atoms with van der Waals surface area (Å²) in [6.07, 6.45) is 0. The summed E-state index contributed by atoms with van der Waals surface area (Å²) in [5.41, 5.74) is 0.623. The Hall–Kier alpha value is -1.36. The molecule has 2 nitrogen and oxygen atoms in total. The lowest BCUT2D eigenvalue weighted by Crippen LogP contribution is -3.61. The van der Waals surface area contributed by atoms with Crippen molar-refractivity contribution in [2.24, 2.45) is 0 Å². The van der Waals surface area contributed by atoms with E-state index in [0.29, 0.717) is 12.2 Å². The Balaban J connectivity index is 2.06. The molecule has 0 aliphatic heterocycles. The van der Waals surface area contributed by atoms with E-state index in [4.69, 9.17) is 4.74 Å². The van der Waals surface area contributed by atoms with Gasteiger partial charge in [-0.15, -0.1) is 0 Å². The van der Waals surface area contributed by atoms with Crippen molar-refractivity contribution in [1.82, 2.24) is 0 Å². The van der Waals surface area contributed by atoms with Crippen molar-refractivity contribution in [2.45, 2.75) is 6.92 Å². The topological polar surface area (TPSA) is 26.3 Å². The molecule has 18 heavy (non-hydrogen) atoms. The van der Waals surface area contributed by atoms with E-state index in [0.717, 1.165) is 0 Å². The summed E-state index contributed by atoms with van der Waals surface area (Å²) in [5, 5.41) is 0. The SMILES string of the molecule is CCOC(=O)c1ccc([I+]c2ccccc2)cc1. The minimum absolute atomic E-state index is 0.164. The van der Waals surface area contributed by atoms with Crippen LogP contribution in [0.2, 0.25) is 0 Å². The quantitative estimate of drug-likeness (QED) is 0.571. The number of hydrogen-bond donors (Lipinski definition) is 0. The van der Waals surface area contributed by atoms with Crippen LogP contribution in [0.5, 0.6) is 0 Å². The highest BCUT2D eigenvalue weighted by atomic mass is 127. The maximum Gasteiger partial charge on any atom is 0.357 e. The van der Waals surface area contributed by atoms with Crippen LogP contribution < -0.4 is 21.2 Å². The van der Waals surface area contributed by atoms with Crippen LogP contribution in [0.25, 0.3) is 0 Å². The van der Waals surface area contributed by atoms with Gasteiger partial charge in [0.25, 0.3) is 0 Å². The Bertz CT molecular complexity index is 506. The van der Waals surface area contributed by atoms with Gasteiger partial charge in [0.05, 0.1) is 12.2 Å². The van der Waals surface area contributed by atoms with Crippen LogP contribution in [0, 0.1) is 7.14 Å². The molecule has 0 bridgehead atoms. The Morgan fingerprint density at radius 3 is 2.22 bits per heavy atom. The summed E-state index contributed by atoms with van der Waals surface area (Å²) in [4.78, 5) is 11.5. The second-order valence-electron chi connectivity index (χ2n) is 3.62. The molecular formula is C15H14IO2+. The van der Waals surface area contributed by atoms with E-state index in [1.54, 1.807) is 0 Å². The average Bonchev–Trinajstić information content (AvgIpc) is 2.41. The van der Waals surface area contributed by atoms with Gasteiger partial charge >= 0.3 is 27.2 Å². The number of halogens is 1. The number of carbonyl (C=O) groups excluding carboxylic acids is 1. The maximum absolute atomic E-state index is 11.5. The van der Waals surface area contributed by atoms with Gasteiger partial charge in [-0.1, -0.05) is 18.2 Å². The molecule has 0 saturated carbocycles.